The number of aromatic nitrogens is 1. The minimum absolute atomic E-state index is 0.842. The highest BCUT2D eigenvalue weighted by atomic mass is 16.5. The Morgan fingerprint density at radius 1 is 1.58 bits per heavy atom. The fourth-order valence-electron chi connectivity index (χ4n) is 1.12. The van der Waals surface area contributed by atoms with Crippen LogP contribution in [0.25, 0.3) is 0 Å². The van der Waals surface area contributed by atoms with E-state index in [-0.39, 0.29) is 0 Å². The van der Waals surface area contributed by atoms with Crippen molar-refractivity contribution >= 4 is 0 Å². The molecular weight excluding hydrogens is 152 g/mol. The number of rotatable bonds is 4. The first-order chi connectivity index (χ1) is 5.83. The minimum Gasteiger partial charge on any atom is -0.619 e. The SMILES string of the molecule is CNCCCc1ccc[n+]([O-])c1. The van der Waals surface area contributed by atoms with E-state index in [1.807, 2.05) is 13.1 Å². The van der Waals surface area contributed by atoms with Crippen molar-refractivity contribution in [3.8, 4) is 0 Å². The average Bonchev–Trinajstić information content (AvgIpc) is 2.05. The van der Waals surface area contributed by atoms with Gasteiger partial charge in [0.05, 0.1) is 0 Å². The summed E-state index contributed by atoms with van der Waals surface area (Å²) < 4.78 is 0.842. The molecule has 1 rings (SSSR count). The molecule has 12 heavy (non-hydrogen) atoms. The van der Waals surface area contributed by atoms with Crippen molar-refractivity contribution in [1.29, 1.82) is 0 Å². The zero-order chi connectivity index (χ0) is 8.81. The van der Waals surface area contributed by atoms with Crippen LogP contribution in [0.3, 0.4) is 0 Å². The maximum atomic E-state index is 10.8. The second-order valence-electron chi connectivity index (χ2n) is 2.78. The molecule has 0 aliphatic carbocycles. The molecule has 0 amide bonds. The first-order valence-corrected chi connectivity index (χ1v) is 4.15. The quantitative estimate of drug-likeness (QED) is 0.401. The van der Waals surface area contributed by atoms with Gasteiger partial charge in [-0.1, -0.05) is 0 Å². The van der Waals surface area contributed by atoms with Crippen LogP contribution in [-0.4, -0.2) is 13.6 Å². The maximum absolute atomic E-state index is 10.8. The Labute approximate surface area is 72.6 Å². The molecule has 3 heteroatoms. The third kappa shape index (κ3) is 2.88. The van der Waals surface area contributed by atoms with Gasteiger partial charge in [0.25, 0.3) is 0 Å². The van der Waals surface area contributed by atoms with E-state index >= 15 is 0 Å². The largest absolute Gasteiger partial charge is 0.619 e. The summed E-state index contributed by atoms with van der Waals surface area (Å²) in [5.41, 5.74) is 1.10. The minimum atomic E-state index is 0.842. The number of nitrogens with one attached hydrogen (secondary N) is 1. The van der Waals surface area contributed by atoms with Crippen molar-refractivity contribution in [3.63, 3.8) is 0 Å². The monoisotopic (exact) mass is 166 g/mol. The summed E-state index contributed by atoms with van der Waals surface area (Å²) in [6, 6.07) is 3.76. The molecule has 0 unspecified atom stereocenters. The molecule has 0 saturated carbocycles. The molecule has 66 valence electrons. The van der Waals surface area contributed by atoms with Crippen molar-refractivity contribution < 1.29 is 4.73 Å². The molecule has 1 aromatic heterocycles. The maximum Gasteiger partial charge on any atom is 0.183 e. The van der Waals surface area contributed by atoms with Gasteiger partial charge in [0.2, 0.25) is 0 Å². The fraction of sp³-hybridized carbons (Fsp3) is 0.444. The molecule has 0 saturated heterocycles. The number of hydrogen-bond donors (Lipinski definition) is 1. The van der Waals surface area contributed by atoms with Crippen molar-refractivity contribution in [1.82, 2.24) is 5.32 Å². The Morgan fingerprint density at radius 2 is 2.42 bits per heavy atom. The molecule has 0 spiro atoms. The molecular formula is C9H14N2O. The zero-order valence-corrected chi connectivity index (χ0v) is 7.29. The molecule has 0 aromatic carbocycles. The second kappa shape index (κ2) is 4.72. The first-order valence-electron chi connectivity index (χ1n) is 4.15. The molecule has 3 nitrogen and oxygen atoms in total. The smallest absolute Gasteiger partial charge is 0.183 e. The van der Waals surface area contributed by atoms with E-state index in [0.717, 1.165) is 29.7 Å². The molecule has 0 radical (unpaired) electrons. The Bertz CT molecular complexity index is 238. The normalized spacial score (nSPS) is 10.1. The van der Waals surface area contributed by atoms with Crippen LogP contribution in [0.2, 0.25) is 0 Å². The summed E-state index contributed by atoms with van der Waals surface area (Å²) in [6.07, 6.45) is 5.15. The fourth-order valence-corrected chi connectivity index (χ4v) is 1.12. The van der Waals surface area contributed by atoms with Gasteiger partial charge in [0.1, 0.15) is 0 Å². The summed E-state index contributed by atoms with van der Waals surface area (Å²) in [6.45, 7) is 0.994. The summed E-state index contributed by atoms with van der Waals surface area (Å²) in [5, 5.41) is 13.9. The van der Waals surface area contributed by atoms with Gasteiger partial charge >= 0.3 is 0 Å². The van der Waals surface area contributed by atoms with Crippen LogP contribution >= 0.6 is 0 Å². The Morgan fingerprint density at radius 3 is 3.08 bits per heavy atom. The van der Waals surface area contributed by atoms with E-state index in [9.17, 15) is 5.21 Å². The van der Waals surface area contributed by atoms with Crippen molar-refractivity contribution in [3.05, 3.63) is 35.3 Å². The molecule has 1 heterocycles. The van der Waals surface area contributed by atoms with Gasteiger partial charge in [0, 0.05) is 11.6 Å². The van der Waals surface area contributed by atoms with Gasteiger partial charge in [-0.3, -0.25) is 0 Å². The van der Waals surface area contributed by atoms with Crippen molar-refractivity contribution in [2.24, 2.45) is 0 Å². The third-order valence-corrected chi connectivity index (χ3v) is 1.73. The highest BCUT2D eigenvalue weighted by molar-refractivity contribution is 5.05. The number of hydrogen-bond acceptors (Lipinski definition) is 2. The lowest BCUT2D eigenvalue weighted by Gasteiger charge is -2.00. The van der Waals surface area contributed by atoms with Gasteiger partial charge in [-0.2, -0.15) is 4.73 Å². The topological polar surface area (TPSA) is 39.0 Å². The van der Waals surface area contributed by atoms with Crippen LogP contribution in [0.4, 0.5) is 0 Å². The lowest BCUT2D eigenvalue weighted by molar-refractivity contribution is -0.605. The Kier molecular flexibility index (Phi) is 3.54. The van der Waals surface area contributed by atoms with E-state index in [1.54, 1.807) is 12.3 Å². The van der Waals surface area contributed by atoms with E-state index < -0.39 is 0 Å². The van der Waals surface area contributed by atoms with Gasteiger partial charge in [-0.15, -0.1) is 0 Å². The standard InChI is InChI=1S/C9H14N2O/c1-10-6-2-4-9-5-3-7-11(12)8-9/h3,5,7-8,10H,2,4,6H2,1H3. The number of pyridine rings is 1. The second-order valence-corrected chi connectivity index (χ2v) is 2.78. The molecule has 0 aliphatic rings. The van der Waals surface area contributed by atoms with Crippen LogP contribution in [0, 0.1) is 5.21 Å². The summed E-state index contributed by atoms with van der Waals surface area (Å²) in [4.78, 5) is 0. The van der Waals surface area contributed by atoms with Crippen LogP contribution in [0.1, 0.15) is 12.0 Å². The molecule has 0 aliphatic heterocycles. The zero-order valence-electron chi connectivity index (χ0n) is 7.29. The van der Waals surface area contributed by atoms with Gasteiger partial charge in [-0.05, 0) is 32.5 Å². The molecule has 0 fully saturated rings. The van der Waals surface area contributed by atoms with Crippen LogP contribution < -0.4 is 10.0 Å². The predicted octanol–water partition coefficient (Wildman–Crippen LogP) is 0.472. The van der Waals surface area contributed by atoms with Gasteiger partial charge < -0.3 is 10.5 Å². The highest BCUT2D eigenvalue weighted by Crippen LogP contribution is 1.97. The first kappa shape index (κ1) is 9.00. The lowest BCUT2D eigenvalue weighted by atomic mass is 10.1. The summed E-state index contributed by atoms with van der Waals surface area (Å²) in [5.74, 6) is 0. The highest BCUT2D eigenvalue weighted by Gasteiger charge is 1.95. The van der Waals surface area contributed by atoms with Crippen LogP contribution in [0.15, 0.2) is 24.5 Å². The molecule has 1 aromatic rings. The number of nitrogens with zero attached hydrogens (tertiary/aromatic N) is 1. The summed E-state index contributed by atoms with van der Waals surface area (Å²) in [7, 11) is 1.93. The van der Waals surface area contributed by atoms with Crippen molar-refractivity contribution in [2.75, 3.05) is 13.6 Å². The van der Waals surface area contributed by atoms with Crippen LogP contribution in [0.5, 0.6) is 0 Å². The third-order valence-electron chi connectivity index (χ3n) is 1.73. The van der Waals surface area contributed by atoms with E-state index in [4.69, 9.17) is 0 Å². The Balaban J connectivity index is 2.41. The van der Waals surface area contributed by atoms with Crippen LogP contribution in [-0.2, 0) is 6.42 Å². The predicted molar refractivity (Wildman–Crippen MR) is 47.6 cm³/mol. The van der Waals surface area contributed by atoms with E-state index in [1.165, 1.54) is 6.20 Å². The molecule has 1 N–H and O–H groups in total. The van der Waals surface area contributed by atoms with E-state index in [2.05, 4.69) is 5.32 Å². The van der Waals surface area contributed by atoms with Gasteiger partial charge in [-0.25, -0.2) is 0 Å². The molecule has 0 bridgehead atoms. The molecule has 0 atom stereocenters. The average molecular weight is 166 g/mol. The van der Waals surface area contributed by atoms with E-state index in [0.29, 0.717) is 0 Å². The lowest BCUT2D eigenvalue weighted by Crippen LogP contribution is -2.24. The number of aryl methyl sites for hydroxylation is 1. The summed E-state index contributed by atoms with van der Waals surface area (Å²) >= 11 is 0. The Hall–Kier alpha value is -1.09. The van der Waals surface area contributed by atoms with Gasteiger partial charge in [0.15, 0.2) is 12.4 Å². The van der Waals surface area contributed by atoms with Crippen molar-refractivity contribution in [2.45, 2.75) is 12.8 Å².